The summed E-state index contributed by atoms with van der Waals surface area (Å²) in [6, 6.07) is 3.69. The van der Waals surface area contributed by atoms with Gasteiger partial charge in [-0.3, -0.25) is 9.48 Å². The number of aromatic nitrogens is 4. The van der Waals surface area contributed by atoms with E-state index in [1.54, 1.807) is 22.8 Å². The molecule has 0 spiro atoms. The van der Waals surface area contributed by atoms with Gasteiger partial charge in [0, 0.05) is 45.2 Å². The molecule has 2 aromatic heterocycles. The quantitative estimate of drug-likeness (QED) is 0.837. The highest BCUT2D eigenvalue weighted by Gasteiger charge is 2.28. The maximum absolute atomic E-state index is 12.6. The Morgan fingerprint density at radius 1 is 1.25 bits per heavy atom. The summed E-state index contributed by atoms with van der Waals surface area (Å²) in [5.41, 5.74) is 1.34. The third-order valence-corrected chi connectivity index (χ3v) is 4.01. The Morgan fingerprint density at radius 3 is 2.62 bits per heavy atom. The van der Waals surface area contributed by atoms with Crippen LogP contribution in [-0.2, 0) is 7.05 Å². The van der Waals surface area contributed by atoms with Crippen LogP contribution in [0.25, 0.3) is 0 Å². The molecule has 0 atom stereocenters. The number of hydrogen-bond acceptors (Lipinski definition) is 6. The Bertz CT molecular complexity index is 705. The highest BCUT2D eigenvalue weighted by molar-refractivity contribution is 5.96. The zero-order valence-electron chi connectivity index (χ0n) is 14.1. The van der Waals surface area contributed by atoms with E-state index in [0.717, 1.165) is 18.5 Å². The minimum absolute atomic E-state index is 0.0434. The van der Waals surface area contributed by atoms with Gasteiger partial charge < -0.3 is 14.4 Å². The summed E-state index contributed by atoms with van der Waals surface area (Å²) in [5.74, 6) is 0.823. The molecule has 3 rings (SSSR count). The number of rotatable bonds is 4. The summed E-state index contributed by atoms with van der Waals surface area (Å²) >= 11 is 0. The fourth-order valence-electron chi connectivity index (χ4n) is 2.73. The topological polar surface area (TPSA) is 82.4 Å². The van der Waals surface area contributed by atoms with Crippen LogP contribution in [0.2, 0.25) is 0 Å². The fraction of sp³-hybridized carbons (Fsp3) is 0.500. The van der Waals surface area contributed by atoms with Gasteiger partial charge >= 0.3 is 0 Å². The van der Waals surface area contributed by atoms with Crippen LogP contribution >= 0.6 is 0 Å². The molecule has 0 unspecified atom stereocenters. The first-order chi connectivity index (χ1) is 11.6. The van der Waals surface area contributed by atoms with Crippen LogP contribution < -0.4 is 9.47 Å². The van der Waals surface area contributed by atoms with Gasteiger partial charge in [-0.05, 0) is 13.0 Å². The van der Waals surface area contributed by atoms with E-state index < -0.39 is 0 Å². The number of carbonyl (C=O) groups is 1. The molecule has 0 radical (unpaired) electrons. The lowest BCUT2D eigenvalue weighted by atomic mass is 10.1. The summed E-state index contributed by atoms with van der Waals surface area (Å²) < 4.78 is 12.6. The highest BCUT2D eigenvalue weighted by atomic mass is 16.5. The first-order valence-electron chi connectivity index (χ1n) is 7.90. The molecule has 0 aromatic carbocycles. The van der Waals surface area contributed by atoms with Crippen molar-refractivity contribution >= 4 is 5.91 Å². The van der Waals surface area contributed by atoms with Crippen molar-refractivity contribution in [3.63, 3.8) is 0 Å². The van der Waals surface area contributed by atoms with Gasteiger partial charge in [0.2, 0.25) is 11.8 Å². The second kappa shape index (κ2) is 6.86. The molecular formula is C16H21N5O3. The van der Waals surface area contributed by atoms with Crippen LogP contribution in [0.1, 0.15) is 28.9 Å². The molecule has 1 aliphatic heterocycles. The number of likely N-dealkylation sites (tertiary alicyclic amines) is 1. The van der Waals surface area contributed by atoms with Crippen LogP contribution in [0.15, 0.2) is 18.3 Å². The zero-order chi connectivity index (χ0) is 17.1. The molecule has 1 fully saturated rings. The number of amides is 1. The lowest BCUT2D eigenvalue weighted by Crippen LogP contribution is -2.41. The third-order valence-electron chi connectivity index (χ3n) is 4.01. The molecule has 0 N–H and O–H groups in total. The molecule has 0 aliphatic carbocycles. The number of nitrogens with zero attached hydrogens (tertiary/aromatic N) is 5. The van der Waals surface area contributed by atoms with Crippen LogP contribution in [0.4, 0.5) is 0 Å². The van der Waals surface area contributed by atoms with Gasteiger partial charge in [0.25, 0.3) is 5.91 Å². The summed E-state index contributed by atoms with van der Waals surface area (Å²) in [7, 11) is 3.28. The number of piperidine rings is 1. The zero-order valence-corrected chi connectivity index (χ0v) is 14.1. The average molecular weight is 331 g/mol. The monoisotopic (exact) mass is 331 g/mol. The van der Waals surface area contributed by atoms with Gasteiger partial charge in [-0.15, -0.1) is 10.2 Å². The van der Waals surface area contributed by atoms with Gasteiger partial charge in [-0.2, -0.15) is 5.10 Å². The maximum atomic E-state index is 12.6. The Labute approximate surface area is 140 Å². The largest absolute Gasteiger partial charge is 0.479 e. The van der Waals surface area contributed by atoms with Crippen molar-refractivity contribution in [2.75, 3.05) is 20.2 Å². The molecule has 8 nitrogen and oxygen atoms in total. The summed E-state index contributed by atoms with van der Waals surface area (Å²) in [6.45, 7) is 3.13. The molecule has 24 heavy (non-hydrogen) atoms. The van der Waals surface area contributed by atoms with E-state index in [1.807, 2.05) is 19.1 Å². The minimum Gasteiger partial charge on any atom is -0.479 e. The van der Waals surface area contributed by atoms with E-state index in [1.165, 1.54) is 7.11 Å². The van der Waals surface area contributed by atoms with Crippen molar-refractivity contribution in [2.45, 2.75) is 25.9 Å². The SMILES string of the molecule is COc1nn(C)cc1C(=O)N1CCC(Oc2ccc(C)nn2)CC1. The molecule has 1 saturated heterocycles. The standard InChI is InChI=1S/C16H21N5O3/c1-11-4-5-14(18-17-11)24-12-6-8-21(9-7-12)16(22)13-10-20(2)19-15(13)23-3/h4-5,10,12H,6-9H2,1-3H3. The first-order valence-corrected chi connectivity index (χ1v) is 7.90. The number of methoxy groups -OCH3 is 1. The van der Waals surface area contributed by atoms with Gasteiger partial charge in [-0.1, -0.05) is 0 Å². The van der Waals surface area contributed by atoms with Gasteiger partial charge in [0.1, 0.15) is 11.7 Å². The van der Waals surface area contributed by atoms with Crippen molar-refractivity contribution in [1.82, 2.24) is 24.9 Å². The third kappa shape index (κ3) is 3.47. The Balaban J connectivity index is 1.58. The number of ether oxygens (including phenoxy) is 2. The lowest BCUT2D eigenvalue weighted by Gasteiger charge is -2.31. The first kappa shape index (κ1) is 16.2. The number of hydrogen-bond donors (Lipinski definition) is 0. The molecule has 128 valence electrons. The second-order valence-corrected chi connectivity index (χ2v) is 5.85. The molecule has 1 aliphatic rings. The van der Waals surface area contributed by atoms with Gasteiger partial charge in [-0.25, -0.2) is 0 Å². The van der Waals surface area contributed by atoms with E-state index in [0.29, 0.717) is 30.4 Å². The van der Waals surface area contributed by atoms with Crippen molar-refractivity contribution < 1.29 is 14.3 Å². The van der Waals surface area contributed by atoms with E-state index in [4.69, 9.17) is 9.47 Å². The molecule has 2 aromatic rings. The Hall–Kier alpha value is -2.64. The number of carbonyl (C=O) groups excluding carboxylic acids is 1. The van der Waals surface area contributed by atoms with E-state index in [-0.39, 0.29) is 12.0 Å². The van der Waals surface area contributed by atoms with Crippen LogP contribution in [0.5, 0.6) is 11.8 Å². The smallest absolute Gasteiger partial charge is 0.260 e. The Kier molecular flexibility index (Phi) is 4.64. The molecule has 0 bridgehead atoms. The molecule has 0 saturated carbocycles. The van der Waals surface area contributed by atoms with E-state index >= 15 is 0 Å². The number of aryl methyl sites for hydroxylation is 2. The highest BCUT2D eigenvalue weighted by Crippen LogP contribution is 2.22. The molecular weight excluding hydrogens is 310 g/mol. The lowest BCUT2D eigenvalue weighted by molar-refractivity contribution is 0.0583. The average Bonchev–Trinajstić information content (AvgIpc) is 2.98. The van der Waals surface area contributed by atoms with Gasteiger partial charge in [0.15, 0.2) is 0 Å². The van der Waals surface area contributed by atoms with Crippen molar-refractivity contribution in [1.29, 1.82) is 0 Å². The van der Waals surface area contributed by atoms with E-state index in [9.17, 15) is 4.79 Å². The molecule has 3 heterocycles. The van der Waals surface area contributed by atoms with Crippen LogP contribution in [0, 0.1) is 6.92 Å². The predicted octanol–water partition coefficient (Wildman–Crippen LogP) is 1.21. The van der Waals surface area contributed by atoms with Gasteiger partial charge in [0.05, 0.1) is 12.8 Å². The summed E-state index contributed by atoms with van der Waals surface area (Å²) in [4.78, 5) is 14.4. The second-order valence-electron chi connectivity index (χ2n) is 5.85. The Morgan fingerprint density at radius 2 is 2.00 bits per heavy atom. The minimum atomic E-state index is -0.0615. The van der Waals surface area contributed by atoms with Crippen molar-refractivity contribution in [2.24, 2.45) is 7.05 Å². The molecule has 1 amide bonds. The predicted molar refractivity (Wildman–Crippen MR) is 86.1 cm³/mol. The van der Waals surface area contributed by atoms with Crippen LogP contribution in [0.3, 0.4) is 0 Å². The van der Waals surface area contributed by atoms with Crippen LogP contribution in [-0.4, -0.2) is 57.1 Å². The summed E-state index contributed by atoms with van der Waals surface area (Å²) in [6.07, 6.45) is 3.24. The fourth-order valence-corrected chi connectivity index (χ4v) is 2.73. The normalized spacial score (nSPS) is 15.4. The van der Waals surface area contributed by atoms with Crippen molar-refractivity contribution in [3.8, 4) is 11.8 Å². The summed E-state index contributed by atoms with van der Waals surface area (Å²) in [5, 5.41) is 12.1. The maximum Gasteiger partial charge on any atom is 0.260 e. The molecule has 8 heteroatoms. The van der Waals surface area contributed by atoms with E-state index in [2.05, 4.69) is 15.3 Å². The van der Waals surface area contributed by atoms with Crippen molar-refractivity contribution in [3.05, 3.63) is 29.6 Å².